The van der Waals surface area contributed by atoms with Crippen molar-refractivity contribution in [3.05, 3.63) is 64.0 Å². The number of H-pyrrole nitrogens is 1. The molecular formula is C22H22N4O4. The van der Waals surface area contributed by atoms with Crippen molar-refractivity contribution in [1.29, 1.82) is 0 Å². The second-order valence-electron chi connectivity index (χ2n) is 6.62. The van der Waals surface area contributed by atoms with Crippen LogP contribution in [0.3, 0.4) is 0 Å². The number of aliphatic carboxylic acids is 1. The summed E-state index contributed by atoms with van der Waals surface area (Å²) in [7, 11) is 0. The first-order chi connectivity index (χ1) is 14.3. The second-order valence-corrected chi connectivity index (χ2v) is 6.62. The van der Waals surface area contributed by atoms with Gasteiger partial charge in [0.15, 0.2) is 5.82 Å². The van der Waals surface area contributed by atoms with Crippen LogP contribution in [0.5, 0.6) is 5.75 Å². The normalized spacial score (nSPS) is 11.3. The highest BCUT2D eigenvalue weighted by Crippen LogP contribution is 2.33. The van der Waals surface area contributed by atoms with Crippen LogP contribution in [-0.4, -0.2) is 27.7 Å². The third-order valence-electron chi connectivity index (χ3n) is 4.46. The van der Waals surface area contributed by atoms with Crippen molar-refractivity contribution in [3.8, 4) is 28.3 Å². The number of benzene rings is 2. The monoisotopic (exact) mass is 406 g/mol. The molecular weight excluding hydrogens is 384 g/mol. The number of hydrogen-bond donors (Lipinski definition) is 4. The zero-order valence-electron chi connectivity index (χ0n) is 16.6. The number of ether oxygens (including phenoxy) is 1. The number of rotatable bonds is 6. The van der Waals surface area contributed by atoms with Crippen LogP contribution in [0.25, 0.3) is 28.6 Å². The van der Waals surface area contributed by atoms with Gasteiger partial charge in [0.1, 0.15) is 17.3 Å². The summed E-state index contributed by atoms with van der Waals surface area (Å²) in [5, 5.41) is 9.09. The Morgan fingerprint density at radius 3 is 2.60 bits per heavy atom. The van der Waals surface area contributed by atoms with Crippen molar-refractivity contribution in [2.24, 2.45) is 0 Å². The molecule has 0 saturated heterocycles. The van der Waals surface area contributed by atoms with E-state index in [1.807, 2.05) is 43.3 Å². The van der Waals surface area contributed by atoms with E-state index in [1.165, 1.54) is 0 Å². The number of aromatic amines is 1. The number of nitrogen functional groups attached to an aromatic ring is 2. The Kier molecular flexibility index (Phi) is 5.87. The molecule has 1 heterocycles. The maximum absolute atomic E-state index is 12.0. The Balaban J connectivity index is 2.07. The summed E-state index contributed by atoms with van der Waals surface area (Å²) in [6.07, 6.45) is 1.61. The predicted molar refractivity (Wildman–Crippen MR) is 117 cm³/mol. The molecule has 3 rings (SSSR count). The van der Waals surface area contributed by atoms with Crippen molar-refractivity contribution < 1.29 is 14.6 Å². The molecule has 0 spiro atoms. The summed E-state index contributed by atoms with van der Waals surface area (Å²) >= 11 is 0. The van der Waals surface area contributed by atoms with Crippen LogP contribution in [0.4, 0.5) is 11.5 Å². The van der Waals surface area contributed by atoms with E-state index in [0.29, 0.717) is 17.9 Å². The Morgan fingerprint density at radius 2 is 1.93 bits per heavy atom. The van der Waals surface area contributed by atoms with Gasteiger partial charge in [0.25, 0.3) is 5.56 Å². The first-order valence-corrected chi connectivity index (χ1v) is 9.24. The van der Waals surface area contributed by atoms with Crippen LogP contribution in [0.15, 0.2) is 52.8 Å². The molecule has 0 amide bonds. The van der Waals surface area contributed by atoms with Gasteiger partial charge in [-0.3, -0.25) is 4.79 Å². The number of carboxylic acids is 1. The molecule has 30 heavy (non-hydrogen) atoms. The molecule has 0 aliphatic rings. The number of anilines is 2. The molecule has 1 aromatic heterocycles. The van der Waals surface area contributed by atoms with Gasteiger partial charge in [-0.25, -0.2) is 9.78 Å². The number of nitrogens with one attached hydrogen (secondary N) is 1. The molecule has 0 aliphatic carbocycles. The highest BCUT2D eigenvalue weighted by atomic mass is 16.5. The Hall–Kier alpha value is -4.07. The van der Waals surface area contributed by atoms with Crippen molar-refractivity contribution >= 4 is 23.6 Å². The molecule has 0 fully saturated rings. The Bertz CT molecular complexity index is 1200. The number of nitrogens with two attached hydrogens (primary N) is 2. The molecule has 6 N–H and O–H groups in total. The lowest BCUT2D eigenvalue weighted by molar-refractivity contribution is -0.132. The Morgan fingerprint density at radius 1 is 1.20 bits per heavy atom. The molecule has 2 aromatic carbocycles. The lowest BCUT2D eigenvalue weighted by atomic mass is 10.00. The van der Waals surface area contributed by atoms with Gasteiger partial charge in [-0.1, -0.05) is 24.3 Å². The number of carbonyl (C=O) groups is 1. The molecule has 3 aromatic rings. The van der Waals surface area contributed by atoms with Crippen LogP contribution in [0.1, 0.15) is 19.4 Å². The Labute approximate surface area is 172 Å². The molecule has 8 nitrogen and oxygen atoms in total. The van der Waals surface area contributed by atoms with Crippen LogP contribution in [0, 0.1) is 0 Å². The molecule has 8 heteroatoms. The standard InChI is InChI=1S/C22H22N4O4/c1-3-30-17-11-15(14-6-4-5-13(10-14)9-12(2)22(28)29)7-8-16(17)20-25-19(24)18(23)21(27)26-20/h4-11H,3,23H2,1-2H3,(H,28,29)(H3,24,25,26,27)/b12-9+. The van der Waals surface area contributed by atoms with Crippen molar-refractivity contribution in [2.75, 3.05) is 18.1 Å². The van der Waals surface area contributed by atoms with Gasteiger partial charge in [0, 0.05) is 5.57 Å². The topological polar surface area (TPSA) is 144 Å². The lowest BCUT2D eigenvalue weighted by Crippen LogP contribution is -2.17. The second kappa shape index (κ2) is 8.52. The summed E-state index contributed by atoms with van der Waals surface area (Å²) in [6, 6.07) is 13.0. The maximum atomic E-state index is 12.0. The summed E-state index contributed by atoms with van der Waals surface area (Å²) in [5.41, 5.74) is 14.0. The highest BCUT2D eigenvalue weighted by Gasteiger charge is 2.14. The minimum Gasteiger partial charge on any atom is -0.493 e. The molecule has 0 unspecified atom stereocenters. The van der Waals surface area contributed by atoms with E-state index in [0.717, 1.165) is 16.7 Å². The average Bonchev–Trinajstić information content (AvgIpc) is 2.72. The van der Waals surface area contributed by atoms with Gasteiger partial charge in [-0.15, -0.1) is 0 Å². The number of aromatic nitrogens is 2. The highest BCUT2D eigenvalue weighted by molar-refractivity contribution is 5.91. The maximum Gasteiger partial charge on any atom is 0.331 e. The zero-order valence-corrected chi connectivity index (χ0v) is 16.6. The fraction of sp³-hybridized carbons (Fsp3) is 0.136. The van der Waals surface area contributed by atoms with Crippen LogP contribution < -0.4 is 21.8 Å². The van der Waals surface area contributed by atoms with Crippen LogP contribution in [0.2, 0.25) is 0 Å². The van der Waals surface area contributed by atoms with Gasteiger partial charge in [-0.05, 0) is 54.8 Å². The van der Waals surface area contributed by atoms with E-state index in [9.17, 15) is 9.59 Å². The molecule has 0 atom stereocenters. The fourth-order valence-electron chi connectivity index (χ4n) is 2.92. The summed E-state index contributed by atoms with van der Waals surface area (Å²) in [6.45, 7) is 3.80. The molecule has 154 valence electrons. The quantitative estimate of drug-likeness (QED) is 0.460. The van der Waals surface area contributed by atoms with Crippen molar-refractivity contribution in [2.45, 2.75) is 13.8 Å². The lowest BCUT2D eigenvalue weighted by Gasteiger charge is -2.13. The fourth-order valence-corrected chi connectivity index (χ4v) is 2.92. The van der Waals surface area contributed by atoms with E-state index < -0.39 is 11.5 Å². The number of carboxylic acid groups (broad SMARTS) is 1. The van der Waals surface area contributed by atoms with Crippen LogP contribution >= 0.6 is 0 Å². The van der Waals surface area contributed by atoms with Crippen LogP contribution in [-0.2, 0) is 4.79 Å². The molecule has 0 bridgehead atoms. The third kappa shape index (κ3) is 4.33. The summed E-state index contributed by atoms with van der Waals surface area (Å²) in [5.74, 6) is -0.235. The third-order valence-corrected chi connectivity index (χ3v) is 4.46. The number of nitrogens with zero attached hydrogens (tertiary/aromatic N) is 1. The van der Waals surface area contributed by atoms with E-state index in [2.05, 4.69) is 9.97 Å². The van der Waals surface area contributed by atoms with E-state index in [1.54, 1.807) is 19.1 Å². The van der Waals surface area contributed by atoms with E-state index in [-0.39, 0.29) is 22.9 Å². The van der Waals surface area contributed by atoms with Gasteiger partial charge in [0.05, 0.1) is 12.2 Å². The van der Waals surface area contributed by atoms with Gasteiger partial charge >= 0.3 is 5.97 Å². The summed E-state index contributed by atoms with van der Waals surface area (Å²) in [4.78, 5) is 29.8. The van der Waals surface area contributed by atoms with Crippen molar-refractivity contribution in [3.63, 3.8) is 0 Å². The molecule has 0 aliphatic heterocycles. The van der Waals surface area contributed by atoms with Gasteiger partial charge in [-0.2, -0.15) is 0 Å². The zero-order chi connectivity index (χ0) is 21.8. The van der Waals surface area contributed by atoms with Gasteiger partial charge < -0.3 is 26.3 Å². The molecule has 0 saturated carbocycles. The minimum absolute atomic E-state index is 0.0476. The van der Waals surface area contributed by atoms with E-state index >= 15 is 0 Å². The average molecular weight is 406 g/mol. The number of hydrogen-bond acceptors (Lipinski definition) is 6. The first kappa shape index (κ1) is 20.7. The minimum atomic E-state index is -0.965. The smallest absolute Gasteiger partial charge is 0.331 e. The SMILES string of the molecule is CCOc1cc(-c2cccc(/C=C(\C)C(=O)O)c2)ccc1-c1nc(N)c(N)c(=O)[nH]1. The van der Waals surface area contributed by atoms with Crippen molar-refractivity contribution in [1.82, 2.24) is 9.97 Å². The molecule has 0 radical (unpaired) electrons. The summed E-state index contributed by atoms with van der Waals surface area (Å²) < 4.78 is 5.77. The first-order valence-electron chi connectivity index (χ1n) is 9.24. The predicted octanol–water partition coefficient (Wildman–Crippen LogP) is 3.15. The van der Waals surface area contributed by atoms with E-state index in [4.69, 9.17) is 21.3 Å². The van der Waals surface area contributed by atoms with Gasteiger partial charge in [0.2, 0.25) is 0 Å². The largest absolute Gasteiger partial charge is 0.493 e.